The van der Waals surface area contributed by atoms with E-state index in [0.717, 1.165) is 18.7 Å². The van der Waals surface area contributed by atoms with Crippen molar-refractivity contribution in [1.82, 2.24) is 10.2 Å². The maximum atomic E-state index is 10.3. The number of benzene rings is 1. The zero-order valence-electron chi connectivity index (χ0n) is 13.0. The molecule has 0 radical (unpaired) electrons. The number of aliphatic hydroxyl groups excluding tert-OH is 1. The van der Waals surface area contributed by atoms with Gasteiger partial charge in [0.05, 0.1) is 6.10 Å². The number of nitrogens with one attached hydrogen (secondary N) is 1. The van der Waals surface area contributed by atoms with Crippen molar-refractivity contribution in [3.8, 4) is 0 Å². The lowest BCUT2D eigenvalue weighted by Crippen LogP contribution is -2.49. The number of rotatable bonds is 5. The third-order valence-corrected chi connectivity index (χ3v) is 4.47. The lowest BCUT2D eigenvalue weighted by Gasteiger charge is -2.37. The minimum atomic E-state index is -0.410. The summed E-state index contributed by atoms with van der Waals surface area (Å²) < 4.78 is 0. The number of aliphatic hydroxyl groups is 1. The van der Waals surface area contributed by atoms with Crippen LogP contribution in [-0.2, 0) is 0 Å². The molecule has 2 rings (SSSR count). The van der Waals surface area contributed by atoms with E-state index in [2.05, 4.69) is 43.1 Å². The Hall–Kier alpha value is -0.900. The van der Waals surface area contributed by atoms with Crippen molar-refractivity contribution in [2.24, 2.45) is 5.92 Å². The van der Waals surface area contributed by atoms with Crippen LogP contribution < -0.4 is 5.32 Å². The average molecular weight is 276 g/mol. The first-order valence-corrected chi connectivity index (χ1v) is 7.80. The minimum Gasteiger partial charge on any atom is -0.387 e. The van der Waals surface area contributed by atoms with Crippen LogP contribution in [0.3, 0.4) is 0 Å². The van der Waals surface area contributed by atoms with Gasteiger partial charge in [-0.25, -0.2) is 0 Å². The Kier molecular flexibility index (Phi) is 5.58. The van der Waals surface area contributed by atoms with Crippen LogP contribution in [0.25, 0.3) is 0 Å². The number of aryl methyl sites for hydroxylation is 1. The lowest BCUT2D eigenvalue weighted by molar-refractivity contribution is 0.127. The van der Waals surface area contributed by atoms with Crippen molar-refractivity contribution in [3.05, 3.63) is 35.4 Å². The largest absolute Gasteiger partial charge is 0.387 e. The van der Waals surface area contributed by atoms with Crippen molar-refractivity contribution in [1.29, 1.82) is 0 Å². The number of nitrogens with zero attached hydrogens (tertiary/aromatic N) is 1. The fraction of sp³-hybridized carbons (Fsp3) is 0.647. The van der Waals surface area contributed by atoms with Gasteiger partial charge < -0.3 is 15.3 Å². The topological polar surface area (TPSA) is 35.5 Å². The summed E-state index contributed by atoms with van der Waals surface area (Å²) in [6.45, 7) is 10.7. The number of hydrogen-bond acceptors (Lipinski definition) is 3. The predicted octanol–water partition coefficient (Wildman–Crippen LogP) is 2.35. The van der Waals surface area contributed by atoms with Gasteiger partial charge in [0.25, 0.3) is 0 Å². The number of piperidine rings is 1. The molecule has 1 heterocycles. The van der Waals surface area contributed by atoms with Crippen LogP contribution in [0.15, 0.2) is 24.3 Å². The van der Waals surface area contributed by atoms with Crippen LogP contribution in [0.5, 0.6) is 0 Å². The number of hydrogen-bond donors (Lipinski definition) is 2. The highest BCUT2D eigenvalue weighted by molar-refractivity contribution is 5.23. The first-order valence-electron chi connectivity index (χ1n) is 7.80. The summed E-state index contributed by atoms with van der Waals surface area (Å²) in [5.74, 6) is 0.647. The molecule has 0 spiro atoms. The van der Waals surface area contributed by atoms with Crippen LogP contribution in [0.4, 0.5) is 0 Å². The van der Waals surface area contributed by atoms with Crippen molar-refractivity contribution in [2.45, 2.75) is 39.3 Å². The number of likely N-dealkylation sites (tertiary alicyclic amines) is 1. The second-order valence-electron chi connectivity index (χ2n) is 6.10. The van der Waals surface area contributed by atoms with E-state index < -0.39 is 6.10 Å². The van der Waals surface area contributed by atoms with Gasteiger partial charge in [0, 0.05) is 19.1 Å². The van der Waals surface area contributed by atoms with Crippen molar-refractivity contribution < 1.29 is 5.11 Å². The van der Waals surface area contributed by atoms with Gasteiger partial charge >= 0.3 is 0 Å². The highest BCUT2D eigenvalue weighted by atomic mass is 16.3. The molecule has 0 bridgehead atoms. The molecule has 1 saturated heterocycles. The molecule has 1 fully saturated rings. The molecule has 1 aromatic carbocycles. The highest BCUT2D eigenvalue weighted by Crippen LogP contribution is 2.18. The quantitative estimate of drug-likeness (QED) is 0.866. The predicted molar refractivity (Wildman–Crippen MR) is 83.8 cm³/mol. The summed E-state index contributed by atoms with van der Waals surface area (Å²) in [7, 11) is 0. The minimum absolute atomic E-state index is 0.410. The third-order valence-electron chi connectivity index (χ3n) is 4.47. The fourth-order valence-corrected chi connectivity index (χ4v) is 2.99. The zero-order valence-corrected chi connectivity index (χ0v) is 13.0. The van der Waals surface area contributed by atoms with E-state index in [0.29, 0.717) is 18.5 Å². The summed E-state index contributed by atoms with van der Waals surface area (Å²) in [6, 6.07) is 8.68. The van der Waals surface area contributed by atoms with Gasteiger partial charge in [-0.1, -0.05) is 43.7 Å². The highest BCUT2D eigenvalue weighted by Gasteiger charge is 2.25. The summed E-state index contributed by atoms with van der Waals surface area (Å²) >= 11 is 0. The van der Waals surface area contributed by atoms with Crippen LogP contribution in [-0.4, -0.2) is 42.2 Å². The van der Waals surface area contributed by atoms with Gasteiger partial charge in [0.2, 0.25) is 0 Å². The Labute approximate surface area is 123 Å². The molecule has 3 nitrogen and oxygen atoms in total. The molecule has 1 aliphatic heterocycles. The molecule has 2 N–H and O–H groups in total. The first kappa shape index (κ1) is 15.5. The van der Waals surface area contributed by atoms with E-state index in [1.807, 2.05) is 12.1 Å². The average Bonchev–Trinajstić information content (AvgIpc) is 2.46. The van der Waals surface area contributed by atoms with Crippen LogP contribution >= 0.6 is 0 Å². The molecule has 0 aromatic heterocycles. The summed E-state index contributed by atoms with van der Waals surface area (Å²) in [5.41, 5.74) is 2.23. The zero-order chi connectivity index (χ0) is 14.5. The summed E-state index contributed by atoms with van der Waals surface area (Å²) in [5, 5.41) is 13.8. The van der Waals surface area contributed by atoms with Gasteiger partial charge in [-0.3, -0.25) is 0 Å². The molecule has 0 amide bonds. The monoisotopic (exact) mass is 276 g/mol. The fourth-order valence-electron chi connectivity index (χ4n) is 2.99. The van der Waals surface area contributed by atoms with Gasteiger partial charge in [-0.15, -0.1) is 0 Å². The van der Waals surface area contributed by atoms with E-state index in [1.165, 1.54) is 18.5 Å². The molecular formula is C17H28N2O. The van der Waals surface area contributed by atoms with E-state index >= 15 is 0 Å². The molecule has 1 aliphatic rings. The molecule has 0 aliphatic carbocycles. The Bertz CT molecular complexity index is 404. The van der Waals surface area contributed by atoms with Crippen molar-refractivity contribution >= 4 is 0 Å². The molecule has 20 heavy (non-hydrogen) atoms. The smallest absolute Gasteiger partial charge is 0.0914 e. The Morgan fingerprint density at radius 2 is 2.05 bits per heavy atom. The van der Waals surface area contributed by atoms with Gasteiger partial charge in [0.1, 0.15) is 0 Å². The second-order valence-corrected chi connectivity index (χ2v) is 6.10. The Balaban J connectivity index is 1.81. The second kappa shape index (κ2) is 7.21. The van der Waals surface area contributed by atoms with E-state index in [4.69, 9.17) is 0 Å². The molecule has 3 atom stereocenters. The van der Waals surface area contributed by atoms with Gasteiger partial charge in [-0.2, -0.15) is 0 Å². The summed E-state index contributed by atoms with van der Waals surface area (Å²) in [6.07, 6.45) is 0.766. The first-order chi connectivity index (χ1) is 9.60. The summed E-state index contributed by atoms with van der Waals surface area (Å²) in [4.78, 5) is 2.50. The molecular weight excluding hydrogens is 248 g/mol. The Morgan fingerprint density at radius 1 is 1.35 bits per heavy atom. The van der Waals surface area contributed by atoms with Crippen LogP contribution in [0.1, 0.15) is 37.5 Å². The molecule has 112 valence electrons. The van der Waals surface area contributed by atoms with Gasteiger partial charge in [-0.05, 0) is 37.9 Å². The van der Waals surface area contributed by atoms with Gasteiger partial charge in [0.15, 0.2) is 0 Å². The molecule has 3 heteroatoms. The molecule has 3 unspecified atom stereocenters. The Morgan fingerprint density at radius 3 is 2.65 bits per heavy atom. The van der Waals surface area contributed by atoms with Crippen molar-refractivity contribution in [2.75, 3.05) is 26.2 Å². The standard InChI is InChI=1S/C17H28N2O/c1-4-19-10-9-16(14(3)12-19)18-11-17(20)15-7-5-13(2)6-8-15/h5-8,14,16-18,20H,4,9-12H2,1-3H3. The SMILES string of the molecule is CCN1CCC(NCC(O)c2ccc(C)cc2)C(C)C1. The maximum absolute atomic E-state index is 10.3. The van der Waals surface area contributed by atoms with E-state index in [9.17, 15) is 5.11 Å². The molecule has 0 saturated carbocycles. The van der Waals surface area contributed by atoms with Crippen molar-refractivity contribution in [3.63, 3.8) is 0 Å². The van der Waals surface area contributed by atoms with Crippen LogP contribution in [0.2, 0.25) is 0 Å². The maximum Gasteiger partial charge on any atom is 0.0914 e. The normalized spacial score (nSPS) is 25.6. The molecule has 1 aromatic rings. The van der Waals surface area contributed by atoms with E-state index in [-0.39, 0.29) is 0 Å². The lowest BCUT2D eigenvalue weighted by atomic mass is 9.93. The van der Waals surface area contributed by atoms with E-state index in [1.54, 1.807) is 0 Å². The third kappa shape index (κ3) is 4.05. The van der Waals surface area contributed by atoms with Crippen LogP contribution in [0, 0.1) is 12.8 Å².